The lowest BCUT2D eigenvalue weighted by molar-refractivity contribution is 0.236. The predicted octanol–water partition coefficient (Wildman–Crippen LogP) is 5.47. The van der Waals surface area contributed by atoms with Gasteiger partial charge in [-0.15, -0.1) is 0 Å². The molecule has 0 unspecified atom stereocenters. The molecule has 32 heavy (non-hydrogen) atoms. The van der Waals surface area contributed by atoms with Crippen LogP contribution in [0, 0.1) is 13.8 Å². The molecule has 0 radical (unpaired) electrons. The van der Waals surface area contributed by atoms with E-state index in [1.165, 1.54) is 25.9 Å². The third-order valence-electron chi connectivity index (χ3n) is 5.46. The Labute approximate surface area is 194 Å². The minimum Gasteiger partial charge on any atom is -0.497 e. The van der Waals surface area contributed by atoms with Crippen LogP contribution in [-0.4, -0.2) is 48.2 Å². The number of likely N-dealkylation sites (tertiary alicyclic amines) is 1. The Kier molecular flexibility index (Phi) is 7.50. The van der Waals surface area contributed by atoms with Gasteiger partial charge in [0.15, 0.2) is 0 Å². The molecule has 7 heteroatoms. The van der Waals surface area contributed by atoms with Gasteiger partial charge < -0.3 is 14.8 Å². The number of nitrogens with zero attached hydrogens (tertiary/aromatic N) is 3. The second kappa shape index (κ2) is 10.7. The molecule has 0 spiro atoms. The van der Waals surface area contributed by atoms with Crippen LogP contribution in [0.2, 0.25) is 0 Å². The minimum absolute atomic E-state index is 0.569. The lowest BCUT2D eigenvalue weighted by atomic mass is 10.1. The van der Waals surface area contributed by atoms with E-state index in [0.29, 0.717) is 5.95 Å². The van der Waals surface area contributed by atoms with E-state index in [2.05, 4.69) is 46.2 Å². The Morgan fingerprint density at radius 2 is 1.84 bits per heavy atom. The Bertz CT molecular complexity index is 1030. The predicted molar refractivity (Wildman–Crippen MR) is 130 cm³/mol. The van der Waals surface area contributed by atoms with Crippen LogP contribution in [0.5, 0.6) is 11.5 Å². The summed E-state index contributed by atoms with van der Waals surface area (Å²) in [4.78, 5) is 12.6. The molecule has 4 rings (SSSR count). The third-order valence-corrected chi connectivity index (χ3v) is 6.39. The molecule has 0 saturated carbocycles. The number of hydrogen-bond donors (Lipinski definition) is 1. The molecule has 1 aromatic heterocycles. The fourth-order valence-corrected chi connectivity index (χ4v) is 4.73. The highest BCUT2D eigenvalue weighted by Gasteiger charge is 2.13. The van der Waals surface area contributed by atoms with Crippen molar-refractivity contribution in [2.45, 2.75) is 36.6 Å². The molecule has 0 aliphatic carbocycles. The van der Waals surface area contributed by atoms with Crippen molar-refractivity contribution in [2.75, 3.05) is 38.7 Å². The van der Waals surface area contributed by atoms with E-state index in [4.69, 9.17) is 9.47 Å². The molecule has 6 nitrogen and oxygen atoms in total. The first-order chi connectivity index (χ1) is 15.6. The van der Waals surface area contributed by atoms with Gasteiger partial charge >= 0.3 is 0 Å². The third kappa shape index (κ3) is 5.93. The highest BCUT2D eigenvalue weighted by atomic mass is 32.2. The first-order valence-electron chi connectivity index (χ1n) is 11.0. The van der Waals surface area contributed by atoms with Crippen molar-refractivity contribution in [3.8, 4) is 11.5 Å². The molecule has 0 bridgehead atoms. The second-order valence-corrected chi connectivity index (χ2v) is 9.05. The lowest BCUT2D eigenvalue weighted by Gasteiger charge is -2.18. The van der Waals surface area contributed by atoms with Crippen molar-refractivity contribution in [1.29, 1.82) is 0 Å². The van der Waals surface area contributed by atoms with Gasteiger partial charge in [-0.25, -0.2) is 9.97 Å². The highest BCUT2D eigenvalue weighted by molar-refractivity contribution is 7.99. The van der Waals surface area contributed by atoms with Crippen LogP contribution in [0.1, 0.15) is 24.0 Å². The van der Waals surface area contributed by atoms with Crippen molar-refractivity contribution >= 4 is 23.4 Å². The van der Waals surface area contributed by atoms with E-state index in [-0.39, 0.29) is 0 Å². The zero-order valence-electron chi connectivity index (χ0n) is 18.9. The number of hydrogen-bond acceptors (Lipinski definition) is 7. The molecule has 1 fully saturated rings. The quantitative estimate of drug-likeness (QED) is 0.434. The van der Waals surface area contributed by atoms with Gasteiger partial charge in [0, 0.05) is 23.3 Å². The Morgan fingerprint density at radius 3 is 2.59 bits per heavy atom. The SMILES string of the molecule is COc1cccc(Sc2ccnc(Nc3cc(C)c(OCCN4CCCC4)c(C)c3)n2)c1. The first kappa shape index (κ1) is 22.4. The maximum absolute atomic E-state index is 6.12. The summed E-state index contributed by atoms with van der Waals surface area (Å²) in [6.07, 6.45) is 4.38. The van der Waals surface area contributed by atoms with Crippen molar-refractivity contribution in [1.82, 2.24) is 14.9 Å². The van der Waals surface area contributed by atoms with Crippen LogP contribution in [0.3, 0.4) is 0 Å². The zero-order valence-corrected chi connectivity index (χ0v) is 19.7. The lowest BCUT2D eigenvalue weighted by Crippen LogP contribution is -2.25. The number of anilines is 2. The summed E-state index contributed by atoms with van der Waals surface area (Å²) in [7, 11) is 1.67. The molecule has 3 aromatic rings. The Balaban J connectivity index is 1.40. The van der Waals surface area contributed by atoms with E-state index >= 15 is 0 Å². The summed E-state index contributed by atoms with van der Waals surface area (Å²) in [5.41, 5.74) is 3.17. The van der Waals surface area contributed by atoms with Gasteiger partial charge in [-0.3, -0.25) is 4.90 Å². The molecule has 168 valence electrons. The number of methoxy groups -OCH3 is 1. The number of aromatic nitrogens is 2. The summed E-state index contributed by atoms with van der Waals surface area (Å²) in [5, 5.41) is 4.21. The minimum atomic E-state index is 0.569. The van der Waals surface area contributed by atoms with E-state index in [9.17, 15) is 0 Å². The van der Waals surface area contributed by atoms with Crippen LogP contribution >= 0.6 is 11.8 Å². The monoisotopic (exact) mass is 450 g/mol. The molecule has 0 amide bonds. The second-order valence-electron chi connectivity index (χ2n) is 7.96. The summed E-state index contributed by atoms with van der Waals surface area (Å²) in [5.74, 6) is 2.37. The van der Waals surface area contributed by atoms with Gasteiger partial charge in [0.2, 0.25) is 5.95 Å². The number of nitrogens with one attached hydrogen (secondary N) is 1. The average Bonchev–Trinajstić information content (AvgIpc) is 3.30. The summed E-state index contributed by atoms with van der Waals surface area (Å²) < 4.78 is 11.4. The normalized spacial score (nSPS) is 13.8. The molecule has 1 aliphatic heterocycles. The molecule has 1 N–H and O–H groups in total. The van der Waals surface area contributed by atoms with Gasteiger partial charge in [0.1, 0.15) is 23.1 Å². The molecular weight excluding hydrogens is 420 g/mol. The zero-order chi connectivity index (χ0) is 22.3. The molecular formula is C25H30N4O2S. The topological polar surface area (TPSA) is 59.5 Å². The van der Waals surface area contributed by atoms with Crippen LogP contribution in [-0.2, 0) is 0 Å². The van der Waals surface area contributed by atoms with Gasteiger partial charge in [-0.2, -0.15) is 0 Å². The molecule has 2 aromatic carbocycles. The Hall–Kier alpha value is -2.77. The molecule has 1 aliphatic rings. The van der Waals surface area contributed by atoms with Crippen LogP contribution < -0.4 is 14.8 Å². The number of benzene rings is 2. The van der Waals surface area contributed by atoms with E-state index in [1.807, 2.05) is 30.3 Å². The van der Waals surface area contributed by atoms with Crippen LogP contribution in [0.4, 0.5) is 11.6 Å². The van der Waals surface area contributed by atoms with Crippen molar-refractivity contribution in [3.63, 3.8) is 0 Å². The summed E-state index contributed by atoms with van der Waals surface area (Å²) in [6.45, 7) is 8.27. The van der Waals surface area contributed by atoms with Crippen molar-refractivity contribution in [3.05, 3.63) is 59.8 Å². The summed E-state index contributed by atoms with van der Waals surface area (Å²) >= 11 is 1.57. The number of rotatable bonds is 9. The molecule has 2 heterocycles. The van der Waals surface area contributed by atoms with E-state index in [1.54, 1.807) is 25.1 Å². The fraction of sp³-hybridized carbons (Fsp3) is 0.360. The van der Waals surface area contributed by atoms with Crippen molar-refractivity contribution in [2.24, 2.45) is 0 Å². The maximum Gasteiger partial charge on any atom is 0.228 e. The largest absolute Gasteiger partial charge is 0.497 e. The highest BCUT2D eigenvalue weighted by Crippen LogP contribution is 2.31. The van der Waals surface area contributed by atoms with E-state index < -0.39 is 0 Å². The van der Waals surface area contributed by atoms with Crippen LogP contribution in [0.25, 0.3) is 0 Å². The summed E-state index contributed by atoms with van der Waals surface area (Å²) in [6, 6.07) is 14.0. The maximum atomic E-state index is 6.12. The molecule has 0 atom stereocenters. The van der Waals surface area contributed by atoms with Crippen molar-refractivity contribution < 1.29 is 9.47 Å². The van der Waals surface area contributed by atoms with Gasteiger partial charge in [-0.05, 0) is 87.3 Å². The smallest absolute Gasteiger partial charge is 0.228 e. The standard InChI is InChI=1S/C25H30N4O2S/c1-18-15-20(16-19(2)24(18)31-14-13-29-11-4-5-12-29)27-25-26-10-9-23(28-25)32-22-8-6-7-21(17-22)30-3/h6-10,15-17H,4-5,11-14H2,1-3H3,(H,26,27,28). The average molecular weight is 451 g/mol. The van der Waals surface area contributed by atoms with Gasteiger partial charge in [0.05, 0.1) is 7.11 Å². The fourth-order valence-electron chi connectivity index (χ4n) is 3.91. The Morgan fingerprint density at radius 1 is 1.06 bits per heavy atom. The first-order valence-corrected chi connectivity index (χ1v) is 11.8. The van der Waals surface area contributed by atoms with Gasteiger partial charge in [-0.1, -0.05) is 17.8 Å². The van der Waals surface area contributed by atoms with E-state index in [0.717, 1.165) is 51.4 Å². The number of ether oxygens (including phenoxy) is 2. The van der Waals surface area contributed by atoms with Gasteiger partial charge in [0.25, 0.3) is 0 Å². The number of aryl methyl sites for hydroxylation is 2. The van der Waals surface area contributed by atoms with Crippen LogP contribution in [0.15, 0.2) is 58.6 Å². The molecule has 1 saturated heterocycles.